The van der Waals surface area contributed by atoms with E-state index in [1.807, 2.05) is 25.3 Å². The Balaban J connectivity index is 1.95. The average Bonchev–Trinajstić information content (AvgIpc) is 2.94. The monoisotopic (exact) mass is 244 g/mol. The Bertz CT molecular complexity index is 518. The summed E-state index contributed by atoms with van der Waals surface area (Å²) in [6, 6.07) is 3.80. The number of rotatable bonds is 2. The number of furan rings is 1. The van der Waals surface area contributed by atoms with Crippen molar-refractivity contribution in [2.24, 2.45) is 0 Å². The van der Waals surface area contributed by atoms with Crippen LogP contribution in [0.25, 0.3) is 11.5 Å². The number of aryl methyl sites for hydroxylation is 1. The Morgan fingerprint density at radius 1 is 1.33 bits per heavy atom. The van der Waals surface area contributed by atoms with Gasteiger partial charge in [-0.05, 0) is 24.6 Å². The summed E-state index contributed by atoms with van der Waals surface area (Å²) in [5.41, 5.74) is 1.91. The van der Waals surface area contributed by atoms with Gasteiger partial charge < -0.3 is 14.6 Å². The molecule has 3 heterocycles. The first-order valence-electron chi connectivity index (χ1n) is 6.18. The van der Waals surface area contributed by atoms with Crippen LogP contribution in [0.5, 0.6) is 0 Å². The van der Waals surface area contributed by atoms with E-state index in [4.69, 9.17) is 4.42 Å². The van der Waals surface area contributed by atoms with E-state index in [0.717, 1.165) is 49.1 Å². The highest BCUT2D eigenvalue weighted by molar-refractivity contribution is 5.58. The maximum absolute atomic E-state index is 5.42. The quantitative estimate of drug-likeness (QED) is 0.866. The zero-order valence-electron chi connectivity index (χ0n) is 10.4. The highest BCUT2D eigenvalue weighted by Gasteiger charge is 2.15. The van der Waals surface area contributed by atoms with Crippen molar-refractivity contribution >= 4 is 5.95 Å². The fraction of sp³-hybridized carbons (Fsp3) is 0.385. The van der Waals surface area contributed by atoms with Gasteiger partial charge in [0.05, 0.1) is 6.26 Å². The molecule has 1 fully saturated rings. The fourth-order valence-electron chi connectivity index (χ4n) is 2.11. The van der Waals surface area contributed by atoms with Crippen LogP contribution < -0.4 is 10.2 Å². The Hall–Kier alpha value is -1.88. The van der Waals surface area contributed by atoms with Gasteiger partial charge in [0.2, 0.25) is 5.95 Å². The van der Waals surface area contributed by atoms with Crippen LogP contribution in [0.3, 0.4) is 0 Å². The lowest BCUT2D eigenvalue weighted by Crippen LogP contribution is -2.44. The van der Waals surface area contributed by atoms with Crippen LogP contribution in [0.2, 0.25) is 0 Å². The van der Waals surface area contributed by atoms with Crippen LogP contribution in [-0.4, -0.2) is 36.1 Å². The lowest BCUT2D eigenvalue weighted by Gasteiger charge is -2.27. The summed E-state index contributed by atoms with van der Waals surface area (Å²) in [7, 11) is 0. The van der Waals surface area contributed by atoms with Crippen LogP contribution in [0, 0.1) is 6.92 Å². The molecular weight excluding hydrogens is 228 g/mol. The molecule has 1 N–H and O–H groups in total. The first kappa shape index (κ1) is 11.2. The number of hydrogen-bond acceptors (Lipinski definition) is 5. The van der Waals surface area contributed by atoms with Gasteiger partial charge in [0.15, 0.2) is 5.76 Å². The highest BCUT2D eigenvalue weighted by Crippen LogP contribution is 2.23. The Morgan fingerprint density at radius 2 is 2.17 bits per heavy atom. The summed E-state index contributed by atoms with van der Waals surface area (Å²) in [5, 5.41) is 3.32. The van der Waals surface area contributed by atoms with Crippen LogP contribution in [0.1, 0.15) is 5.56 Å². The zero-order valence-corrected chi connectivity index (χ0v) is 10.4. The van der Waals surface area contributed by atoms with E-state index >= 15 is 0 Å². The van der Waals surface area contributed by atoms with Crippen molar-refractivity contribution in [1.82, 2.24) is 15.3 Å². The molecule has 2 aromatic rings. The Kier molecular flexibility index (Phi) is 2.98. The third-order valence-corrected chi connectivity index (χ3v) is 3.11. The predicted molar refractivity (Wildman–Crippen MR) is 69.6 cm³/mol. The molecule has 18 heavy (non-hydrogen) atoms. The van der Waals surface area contributed by atoms with Crippen LogP contribution in [0.15, 0.2) is 29.0 Å². The second-order valence-corrected chi connectivity index (χ2v) is 4.42. The second kappa shape index (κ2) is 4.78. The molecular formula is C13H16N4O. The largest absolute Gasteiger partial charge is 0.463 e. The molecule has 2 aromatic heterocycles. The molecule has 5 heteroatoms. The standard InChI is InChI=1S/C13H16N4O/c1-10-9-15-13(17-6-4-14-5-7-17)16-12(10)11-3-2-8-18-11/h2-3,8-9,14H,4-7H2,1H3. The molecule has 5 nitrogen and oxygen atoms in total. The average molecular weight is 244 g/mol. The van der Waals surface area contributed by atoms with E-state index in [-0.39, 0.29) is 0 Å². The van der Waals surface area contributed by atoms with Crippen LogP contribution >= 0.6 is 0 Å². The number of nitrogens with zero attached hydrogens (tertiary/aromatic N) is 3. The topological polar surface area (TPSA) is 54.2 Å². The molecule has 1 aliphatic rings. The van der Waals surface area contributed by atoms with Gasteiger partial charge in [0.25, 0.3) is 0 Å². The minimum Gasteiger partial charge on any atom is -0.463 e. The first-order valence-corrected chi connectivity index (χ1v) is 6.18. The molecule has 1 aliphatic heterocycles. The van der Waals surface area contributed by atoms with E-state index < -0.39 is 0 Å². The molecule has 0 radical (unpaired) electrons. The first-order chi connectivity index (χ1) is 8.84. The summed E-state index contributed by atoms with van der Waals surface area (Å²) < 4.78 is 5.42. The number of anilines is 1. The maximum Gasteiger partial charge on any atom is 0.226 e. The van der Waals surface area contributed by atoms with Gasteiger partial charge in [0.1, 0.15) is 5.69 Å². The molecule has 0 amide bonds. The highest BCUT2D eigenvalue weighted by atomic mass is 16.3. The van der Waals surface area contributed by atoms with Crippen LogP contribution in [0.4, 0.5) is 5.95 Å². The van der Waals surface area contributed by atoms with Crippen molar-refractivity contribution in [3.8, 4) is 11.5 Å². The van der Waals surface area contributed by atoms with Crippen molar-refractivity contribution in [1.29, 1.82) is 0 Å². The maximum atomic E-state index is 5.42. The molecule has 0 spiro atoms. The molecule has 0 aromatic carbocycles. The molecule has 1 saturated heterocycles. The molecule has 0 saturated carbocycles. The zero-order chi connectivity index (χ0) is 12.4. The van der Waals surface area contributed by atoms with E-state index in [9.17, 15) is 0 Å². The molecule has 0 atom stereocenters. The van der Waals surface area contributed by atoms with Gasteiger partial charge in [-0.15, -0.1) is 0 Å². The molecule has 94 valence electrons. The summed E-state index contributed by atoms with van der Waals surface area (Å²) in [6.07, 6.45) is 3.53. The smallest absolute Gasteiger partial charge is 0.226 e. The molecule has 3 rings (SSSR count). The van der Waals surface area contributed by atoms with E-state index in [1.54, 1.807) is 6.26 Å². The molecule has 0 bridgehead atoms. The van der Waals surface area contributed by atoms with E-state index in [2.05, 4.69) is 20.2 Å². The van der Waals surface area contributed by atoms with Gasteiger partial charge in [-0.3, -0.25) is 0 Å². The third kappa shape index (κ3) is 2.09. The number of piperazine rings is 1. The van der Waals surface area contributed by atoms with Crippen molar-refractivity contribution in [2.75, 3.05) is 31.1 Å². The summed E-state index contributed by atoms with van der Waals surface area (Å²) in [5.74, 6) is 1.58. The third-order valence-electron chi connectivity index (χ3n) is 3.11. The predicted octanol–water partition coefficient (Wildman–Crippen LogP) is 1.45. The SMILES string of the molecule is Cc1cnc(N2CCNCC2)nc1-c1ccco1. The number of aromatic nitrogens is 2. The summed E-state index contributed by atoms with van der Waals surface area (Å²) >= 11 is 0. The van der Waals surface area contributed by atoms with E-state index in [0.29, 0.717) is 0 Å². The second-order valence-electron chi connectivity index (χ2n) is 4.42. The Morgan fingerprint density at radius 3 is 2.89 bits per heavy atom. The number of hydrogen-bond donors (Lipinski definition) is 1. The van der Waals surface area contributed by atoms with Crippen molar-refractivity contribution in [3.05, 3.63) is 30.2 Å². The van der Waals surface area contributed by atoms with Gasteiger partial charge in [-0.2, -0.15) is 0 Å². The minimum atomic E-state index is 0.786. The normalized spacial score (nSPS) is 15.9. The number of nitrogens with one attached hydrogen (secondary N) is 1. The lowest BCUT2D eigenvalue weighted by atomic mass is 10.2. The van der Waals surface area contributed by atoms with Crippen molar-refractivity contribution in [2.45, 2.75) is 6.92 Å². The van der Waals surface area contributed by atoms with Gasteiger partial charge >= 0.3 is 0 Å². The van der Waals surface area contributed by atoms with E-state index in [1.165, 1.54) is 0 Å². The van der Waals surface area contributed by atoms with Gasteiger partial charge in [-0.1, -0.05) is 0 Å². The van der Waals surface area contributed by atoms with Crippen molar-refractivity contribution < 1.29 is 4.42 Å². The summed E-state index contributed by atoms with van der Waals surface area (Å²) in [4.78, 5) is 11.2. The van der Waals surface area contributed by atoms with Crippen molar-refractivity contribution in [3.63, 3.8) is 0 Å². The van der Waals surface area contributed by atoms with Gasteiger partial charge in [-0.25, -0.2) is 9.97 Å². The van der Waals surface area contributed by atoms with Gasteiger partial charge in [0, 0.05) is 32.4 Å². The summed E-state index contributed by atoms with van der Waals surface area (Å²) in [6.45, 7) is 5.85. The van der Waals surface area contributed by atoms with Crippen LogP contribution in [-0.2, 0) is 0 Å². The molecule has 0 aliphatic carbocycles. The lowest BCUT2D eigenvalue weighted by molar-refractivity contribution is 0.572. The minimum absolute atomic E-state index is 0.786. The molecule has 0 unspecified atom stereocenters. The fourth-order valence-corrected chi connectivity index (χ4v) is 2.11. The Labute approximate surface area is 106 Å².